The van der Waals surface area contributed by atoms with Crippen molar-refractivity contribution >= 4 is 22.7 Å². The third-order valence-electron chi connectivity index (χ3n) is 5.27. The highest BCUT2D eigenvalue weighted by Gasteiger charge is 2.42. The second-order valence-electron chi connectivity index (χ2n) is 7.43. The summed E-state index contributed by atoms with van der Waals surface area (Å²) in [5.74, 6) is 0.0860. The van der Waals surface area contributed by atoms with Gasteiger partial charge in [-0.05, 0) is 57.2 Å². The fraction of sp³-hybridized carbons (Fsp3) is 0.524. The molecule has 1 heterocycles. The first kappa shape index (κ1) is 22.6. The van der Waals surface area contributed by atoms with Crippen LogP contribution in [0.5, 0.6) is 0 Å². The lowest BCUT2D eigenvalue weighted by Gasteiger charge is -2.30. The van der Waals surface area contributed by atoms with Crippen LogP contribution < -0.4 is 0 Å². The molecule has 1 atom stereocenters. The first-order valence-corrected chi connectivity index (χ1v) is 10.1. The maximum absolute atomic E-state index is 14.2. The number of hydrogen-bond acceptors (Lipinski definition) is 4. The molecule has 28 heavy (non-hydrogen) atoms. The van der Waals surface area contributed by atoms with Gasteiger partial charge in [-0.3, -0.25) is 4.99 Å². The Kier molecular flexibility index (Phi) is 6.71. The molecule has 0 aliphatic carbocycles. The summed E-state index contributed by atoms with van der Waals surface area (Å²) < 4.78 is 48.1. The number of aliphatic imine (C=N–C) groups is 1. The number of benzene rings is 1. The zero-order valence-electron chi connectivity index (χ0n) is 17.4. The Morgan fingerprint density at radius 1 is 1.32 bits per heavy atom. The van der Waals surface area contributed by atoms with Crippen LogP contribution >= 0.6 is 11.3 Å². The van der Waals surface area contributed by atoms with E-state index in [4.69, 9.17) is 4.74 Å². The van der Waals surface area contributed by atoms with Crippen LogP contribution in [0.2, 0.25) is 0 Å². The number of halogens is 3. The molecule has 2 aromatic rings. The van der Waals surface area contributed by atoms with Crippen LogP contribution in [0.15, 0.2) is 22.6 Å². The van der Waals surface area contributed by atoms with Crippen molar-refractivity contribution in [3.8, 4) is 10.6 Å². The zero-order valence-corrected chi connectivity index (χ0v) is 18.2. The molecule has 154 valence electrons. The molecule has 3 nitrogen and oxygen atoms in total. The fourth-order valence-corrected chi connectivity index (χ4v) is 3.65. The molecule has 0 saturated carbocycles. The molecular formula is C21H27F3N2OS. The maximum Gasteiger partial charge on any atom is 0.418 e. The predicted octanol–water partition coefficient (Wildman–Crippen LogP) is 7.16. The van der Waals surface area contributed by atoms with Crippen LogP contribution in [-0.4, -0.2) is 17.8 Å². The molecule has 0 bridgehead atoms. The summed E-state index contributed by atoms with van der Waals surface area (Å²) in [5, 5.41) is 2.47. The second-order valence-corrected chi connectivity index (χ2v) is 8.33. The average molecular weight is 413 g/mol. The van der Waals surface area contributed by atoms with Crippen LogP contribution in [0.4, 0.5) is 18.9 Å². The fourth-order valence-electron chi connectivity index (χ4n) is 2.94. The van der Waals surface area contributed by atoms with E-state index in [1.165, 1.54) is 18.4 Å². The predicted molar refractivity (Wildman–Crippen MR) is 110 cm³/mol. The lowest BCUT2D eigenvalue weighted by molar-refractivity contribution is -0.140. The highest BCUT2D eigenvalue weighted by atomic mass is 32.1. The first-order valence-electron chi connectivity index (χ1n) is 9.19. The van der Waals surface area contributed by atoms with Gasteiger partial charge in [0.25, 0.3) is 0 Å². The molecular weight excluding hydrogens is 385 g/mol. The number of thiazole rings is 1. The summed E-state index contributed by atoms with van der Waals surface area (Å²) in [7, 11) is 1.41. The molecule has 0 spiro atoms. The zero-order chi connectivity index (χ0) is 21.3. The smallest absolute Gasteiger partial charge is 0.374 e. The van der Waals surface area contributed by atoms with Gasteiger partial charge in [0.05, 0.1) is 16.9 Å². The van der Waals surface area contributed by atoms with E-state index >= 15 is 0 Å². The molecule has 0 saturated heterocycles. The summed E-state index contributed by atoms with van der Waals surface area (Å²) in [4.78, 5) is 8.80. The van der Waals surface area contributed by atoms with Crippen molar-refractivity contribution in [2.75, 3.05) is 7.11 Å². The number of ether oxygens (including phenoxy) is 1. The van der Waals surface area contributed by atoms with Gasteiger partial charge in [-0.2, -0.15) is 13.2 Å². The molecule has 7 heteroatoms. The van der Waals surface area contributed by atoms with Crippen LogP contribution in [0.1, 0.15) is 57.7 Å². The summed E-state index contributed by atoms with van der Waals surface area (Å²) in [6.45, 7) is 10.7. The van der Waals surface area contributed by atoms with Crippen LogP contribution in [0.25, 0.3) is 10.6 Å². The Hall–Kier alpha value is -1.73. The molecule has 1 aromatic heterocycles. The normalized spacial score (nSPS) is 14.4. The van der Waals surface area contributed by atoms with Crippen molar-refractivity contribution in [2.45, 2.75) is 59.7 Å². The van der Waals surface area contributed by atoms with Crippen molar-refractivity contribution in [1.29, 1.82) is 0 Å². The van der Waals surface area contributed by atoms with Gasteiger partial charge in [-0.15, -0.1) is 11.3 Å². The Balaban J connectivity index is 2.97. The third-order valence-corrected chi connectivity index (χ3v) is 6.08. The first-order chi connectivity index (χ1) is 12.9. The lowest BCUT2D eigenvalue weighted by Crippen LogP contribution is -2.25. The van der Waals surface area contributed by atoms with E-state index in [0.717, 1.165) is 6.42 Å². The molecule has 2 rings (SSSR count). The molecule has 0 aliphatic heterocycles. The van der Waals surface area contributed by atoms with E-state index in [1.54, 1.807) is 45.3 Å². The minimum atomic E-state index is -4.56. The third kappa shape index (κ3) is 4.46. The van der Waals surface area contributed by atoms with Crippen LogP contribution in [0.3, 0.4) is 0 Å². The Bertz CT molecular complexity index is 856. The molecule has 0 amide bonds. The summed E-state index contributed by atoms with van der Waals surface area (Å²) in [5.41, 5.74) is -0.0565. The van der Waals surface area contributed by atoms with E-state index in [2.05, 4.69) is 9.98 Å². The standard InChI is InChI=1S/C21H27F3N2OS/c1-8-12(2)14(4)26-18-13(3)15(19-25-9-10-28-19)11-16(20(5,6)27-7)17(18)21(22,23)24/h9-12H,8H2,1-7H3. The van der Waals surface area contributed by atoms with Crippen molar-refractivity contribution in [1.82, 2.24) is 4.98 Å². The van der Waals surface area contributed by atoms with Gasteiger partial charge in [-0.1, -0.05) is 13.8 Å². The van der Waals surface area contributed by atoms with E-state index in [1.807, 2.05) is 13.8 Å². The van der Waals surface area contributed by atoms with E-state index < -0.39 is 17.3 Å². The number of methoxy groups -OCH3 is 1. The summed E-state index contributed by atoms with van der Waals surface area (Å²) in [6.07, 6.45) is -2.12. The van der Waals surface area contributed by atoms with Crippen molar-refractivity contribution < 1.29 is 17.9 Å². The summed E-state index contributed by atoms with van der Waals surface area (Å²) >= 11 is 1.39. The molecule has 1 aromatic carbocycles. The van der Waals surface area contributed by atoms with E-state index in [-0.39, 0.29) is 17.2 Å². The second kappa shape index (κ2) is 8.33. The number of nitrogens with zero attached hydrogens (tertiary/aromatic N) is 2. The SMILES string of the molecule is CCC(C)C(C)=Nc1c(C)c(-c2nccs2)cc(C(C)(C)OC)c1C(F)(F)F. The van der Waals surface area contributed by atoms with Gasteiger partial charge in [0.2, 0.25) is 0 Å². The maximum atomic E-state index is 14.2. The number of alkyl halides is 3. The highest BCUT2D eigenvalue weighted by molar-refractivity contribution is 7.13. The molecule has 0 fully saturated rings. The largest absolute Gasteiger partial charge is 0.418 e. The van der Waals surface area contributed by atoms with Gasteiger partial charge >= 0.3 is 6.18 Å². The number of aromatic nitrogens is 1. The molecule has 0 N–H and O–H groups in total. The van der Waals surface area contributed by atoms with Gasteiger partial charge in [0, 0.05) is 30.0 Å². The minimum absolute atomic E-state index is 0.0434. The van der Waals surface area contributed by atoms with Crippen LogP contribution in [0, 0.1) is 12.8 Å². The van der Waals surface area contributed by atoms with Crippen molar-refractivity contribution in [3.05, 3.63) is 34.3 Å². The Morgan fingerprint density at radius 2 is 1.96 bits per heavy atom. The quantitative estimate of drug-likeness (QED) is 0.472. The highest BCUT2D eigenvalue weighted by Crippen LogP contribution is 2.48. The van der Waals surface area contributed by atoms with Gasteiger partial charge in [-0.25, -0.2) is 4.98 Å². The number of rotatable bonds is 6. The van der Waals surface area contributed by atoms with Gasteiger partial charge in [0.1, 0.15) is 5.01 Å². The monoisotopic (exact) mass is 412 g/mol. The van der Waals surface area contributed by atoms with Crippen LogP contribution in [-0.2, 0) is 16.5 Å². The molecule has 0 radical (unpaired) electrons. The summed E-state index contributed by atoms with van der Waals surface area (Å²) in [6, 6.07) is 1.55. The minimum Gasteiger partial charge on any atom is -0.374 e. The van der Waals surface area contributed by atoms with Gasteiger partial charge < -0.3 is 4.74 Å². The number of hydrogen-bond donors (Lipinski definition) is 0. The van der Waals surface area contributed by atoms with Crippen molar-refractivity contribution in [3.63, 3.8) is 0 Å². The lowest BCUT2D eigenvalue weighted by atomic mass is 9.87. The van der Waals surface area contributed by atoms with E-state index in [0.29, 0.717) is 21.8 Å². The molecule has 1 unspecified atom stereocenters. The van der Waals surface area contributed by atoms with Crippen molar-refractivity contribution in [2.24, 2.45) is 10.9 Å². The Labute approximate surface area is 168 Å². The van der Waals surface area contributed by atoms with E-state index in [9.17, 15) is 13.2 Å². The topological polar surface area (TPSA) is 34.5 Å². The molecule has 0 aliphatic rings. The Morgan fingerprint density at radius 3 is 2.43 bits per heavy atom. The average Bonchev–Trinajstić information content (AvgIpc) is 3.15. The van der Waals surface area contributed by atoms with Gasteiger partial charge in [0.15, 0.2) is 0 Å².